The summed E-state index contributed by atoms with van der Waals surface area (Å²) in [5.74, 6) is -0.280. The summed E-state index contributed by atoms with van der Waals surface area (Å²) in [6, 6.07) is 3.27. The minimum atomic E-state index is -0.582. The summed E-state index contributed by atoms with van der Waals surface area (Å²) in [5.41, 5.74) is 1.60. The predicted molar refractivity (Wildman–Crippen MR) is 77.4 cm³/mol. The molecule has 0 aliphatic carbocycles. The van der Waals surface area contributed by atoms with E-state index in [0.29, 0.717) is 17.0 Å². The Labute approximate surface area is 126 Å². The zero-order chi connectivity index (χ0) is 14.9. The second-order valence-electron chi connectivity index (χ2n) is 5.22. The van der Waals surface area contributed by atoms with Gasteiger partial charge >= 0.3 is 0 Å². The normalized spacial score (nSPS) is 18.7. The van der Waals surface area contributed by atoms with Crippen molar-refractivity contribution in [2.45, 2.75) is 25.5 Å². The zero-order valence-corrected chi connectivity index (χ0v) is 11.8. The van der Waals surface area contributed by atoms with Crippen molar-refractivity contribution in [3.8, 4) is 11.4 Å². The molecule has 1 atom stereocenters. The summed E-state index contributed by atoms with van der Waals surface area (Å²) < 4.78 is 21.5. The standard InChI is InChI=1S/C15H14FN5O/c16-13-10(4-3-6-17-13)14-18-8-11-15(20-14)21(9-19-11)12-5-1-2-7-22-12/h3-4,6,8-9,12H,1-2,5,7H2. The van der Waals surface area contributed by atoms with Gasteiger partial charge in [-0.2, -0.15) is 4.39 Å². The van der Waals surface area contributed by atoms with Crippen LogP contribution in [0.25, 0.3) is 22.6 Å². The fourth-order valence-corrected chi connectivity index (χ4v) is 2.66. The lowest BCUT2D eigenvalue weighted by atomic mass is 10.2. The van der Waals surface area contributed by atoms with Crippen LogP contribution in [0.15, 0.2) is 30.9 Å². The second kappa shape index (κ2) is 5.42. The van der Waals surface area contributed by atoms with Crippen molar-refractivity contribution in [1.29, 1.82) is 0 Å². The van der Waals surface area contributed by atoms with E-state index in [1.54, 1.807) is 24.7 Å². The van der Waals surface area contributed by atoms with Crippen LogP contribution in [0, 0.1) is 5.95 Å². The van der Waals surface area contributed by atoms with Gasteiger partial charge in [-0.05, 0) is 31.4 Å². The fourth-order valence-electron chi connectivity index (χ4n) is 2.66. The first-order chi connectivity index (χ1) is 10.8. The van der Waals surface area contributed by atoms with Crippen molar-refractivity contribution in [1.82, 2.24) is 24.5 Å². The number of pyridine rings is 1. The molecule has 6 nitrogen and oxygen atoms in total. The SMILES string of the molecule is Fc1ncccc1-c1ncc2ncn(C3CCCCO3)c2n1. The molecule has 1 fully saturated rings. The molecule has 1 aliphatic heterocycles. The smallest absolute Gasteiger partial charge is 0.223 e. The van der Waals surface area contributed by atoms with Crippen LogP contribution in [0.2, 0.25) is 0 Å². The van der Waals surface area contributed by atoms with Crippen LogP contribution < -0.4 is 0 Å². The molecule has 4 rings (SSSR count). The molecule has 1 saturated heterocycles. The molecule has 1 aliphatic rings. The van der Waals surface area contributed by atoms with Crippen molar-refractivity contribution < 1.29 is 9.13 Å². The number of ether oxygens (including phenoxy) is 1. The maximum absolute atomic E-state index is 13.8. The van der Waals surface area contributed by atoms with Gasteiger partial charge in [0.2, 0.25) is 5.95 Å². The maximum atomic E-state index is 13.8. The first-order valence-corrected chi connectivity index (χ1v) is 7.25. The highest BCUT2D eigenvalue weighted by molar-refractivity contribution is 5.72. The van der Waals surface area contributed by atoms with E-state index in [9.17, 15) is 4.39 Å². The summed E-state index contributed by atoms with van der Waals surface area (Å²) in [6.07, 6.45) is 7.75. The molecule has 3 aromatic rings. The van der Waals surface area contributed by atoms with E-state index >= 15 is 0 Å². The van der Waals surface area contributed by atoms with Gasteiger partial charge in [0, 0.05) is 12.8 Å². The molecule has 0 saturated carbocycles. The molecular weight excluding hydrogens is 285 g/mol. The Kier molecular flexibility index (Phi) is 3.27. The van der Waals surface area contributed by atoms with Gasteiger partial charge in [-0.1, -0.05) is 0 Å². The highest BCUT2D eigenvalue weighted by atomic mass is 19.1. The van der Waals surface area contributed by atoms with Gasteiger partial charge in [-0.25, -0.2) is 19.9 Å². The van der Waals surface area contributed by atoms with E-state index in [1.807, 2.05) is 4.57 Å². The highest BCUT2D eigenvalue weighted by Gasteiger charge is 2.19. The maximum Gasteiger partial charge on any atom is 0.223 e. The van der Waals surface area contributed by atoms with Crippen LogP contribution in [0.5, 0.6) is 0 Å². The molecule has 0 N–H and O–H groups in total. The summed E-state index contributed by atoms with van der Waals surface area (Å²) in [4.78, 5) is 16.6. The first kappa shape index (κ1) is 13.3. The Bertz CT molecular complexity index is 813. The van der Waals surface area contributed by atoms with Crippen molar-refractivity contribution >= 4 is 11.2 Å². The average molecular weight is 299 g/mol. The third kappa shape index (κ3) is 2.23. The summed E-state index contributed by atoms with van der Waals surface area (Å²) in [5, 5.41) is 0. The van der Waals surface area contributed by atoms with Gasteiger partial charge < -0.3 is 4.74 Å². The van der Waals surface area contributed by atoms with Gasteiger partial charge in [0.25, 0.3) is 0 Å². The van der Waals surface area contributed by atoms with Crippen LogP contribution >= 0.6 is 0 Å². The van der Waals surface area contributed by atoms with Gasteiger partial charge in [0.15, 0.2) is 11.5 Å². The van der Waals surface area contributed by atoms with Gasteiger partial charge in [-0.3, -0.25) is 4.57 Å². The lowest BCUT2D eigenvalue weighted by molar-refractivity contribution is -0.0298. The third-order valence-electron chi connectivity index (χ3n) is 3.78. The first-order valence-electron chi connectivity index (χ1n) is 7.25. The quantitative estimate of drug-likeness (QED) is 0.681. The summed E-state index contributed by atoms with van der Waals surface area (Å²) in [7, 11) is 0. The molecule has 0 bridgehead atoms. The van der Waals surface area contributed by atoms with Gasteiger partial charge in [0.1, 0.15) is 11.7 Å². The third-order valence-corrected chi connectivity index (χ3v) is 3.78. The van der Waals surface area contributed by atoms with Crippen LogP contribution in [0.1, 0.15) is 25.5 Å². The van der Waals surface area contributed by atoms with Crippen LogP contribution in [0.4, 0.5) is 4.39 Å². The number of imidazole rings is 1. The molecule has 112 valence electrons. The molecule has 0 spiro atoms. The monoisotopic (exact) mass is 299 g/mol. The zero-order valence-electron chi connectivity index (χ0n) is 11.8. The fraction of sp³-hybridized carbons (Fsp3) is 0.333. The second-order valence-corrected chi connectivity index (χ2v) is 5.22. The minimum Gasteiger partial charge on any atom is -0.358 e. The Hall–Kier alpha value is -2.41. The van der Waals surface area contributed by atoms with Crippen LogP contribution in [0.3, 0.4) is 0 Å². The number of halogens is 1. The molecule has 4 heterocycles. The molecule has 22 heavy (non-hydrogen) atoms. The number of nitrogens with zero attached hydrogens (tertiary/aromatic N) is 5. The predicted octanol–water partition coefficient (Wildman–Crippen LogP) is 2.73. The Balaban J connectivity index is 1.81. The van der Waals surface area contributed by atoms with Crippen molar-refractivity contribution in [3.63, 3.8) is 0 Å². The summed E-state index contributed by atoms with van der Waals surface area (Å²) in [6.45, 7) is 0.736. The van der Waals surface area contributed by atoms with Crippen molar-refractivity contribution in [2.75, 3.05) is 6.61 Å². The molecule has 7 heteroatoms. The lowest BCUT2D eigenvalue weighted by Gasteiger charge is -2.23. The molecular formula is C15H14FN5O. The van der Waals surface area contributed by atoms with Gasteiger partial charge in [-0.15, -0.1) is 0 Å². The van der Waals surface area contributed by atoms with E-state index in [-0.39, 0.29) is 11.8 Å². The average Bonchev–Trinajstić information content (AvgIpc) is 2.99. The van der Waals surface area contributed by atoms with E-state index in [1.165, 1.54) is 6.20 Å². The van der Waals surface area contributed by atoms with Crippen molar-refractivity contribution in [3.05, 3.63) is 36.8 Å². The number of fused-ring (bicyclic) bond motifs is 1. The number of hydrogen-bond donors (Lipinski definition) is 0. The van der Waals surface area contributed by atoms with E-state index in [4.69, 9.17) is 4.74 Å². The Morgan fingerprint density at radius 2 is 2.18 bits per heavy atom. The van der Waals surface area contributed by atoms with E-state index in [2.05, 4.69) is 19.9 Å². The van der Waals surface area contributed by atoms with Crippen LogP contribution in [-0.2, 0) is 4.74 Å². The minimum absolute atomic E-state index is 0.0692. The molecule has 0 amide bonds. The Morgan fingerprint density at radius 3 is 3.00 bits per heavy atom. The lowest BCUT2D eigenvalue weighted by Crippen LogP contribution is -2.17. The number of hydrogen-bond acceptors (Lipinski definition) is 5. The van der Waals surface area contributed by atoms with E-state index < -0.39 is 5.95 Å². The molecule has 0 radical (unpaired) electrons. The van der Waals surface area contributed by atoms with E-state index in [0.717, 1.165) is 25.9 Å². The molecule has 3 aromatic heterocycles. The Morgan fingerprint density at radius 1 is 1.23 bits per heavy atom. The molecule has 0 aromatic carbocycles. The summed E-state index contributed by atoms with van der Waals surface area (Å²) >= 11 is 0. The molecule has 1 unspecified atom stereocenters. The number of aromatic nitrogens is 5. The highest BCUT2D eigenvalue weighted by Crippen LogP contribution is 2.26. The van der Waals surface area contributed by atoms with Crippen LogP contribution in [-0.4, -0.2) is 31.1 Å². The number of rotatable bonds is 2. The topological polar surface area (TPSA) is 65.7 Å². The van der Waals surface area contributed by atoms with Crippen molar-refractivity contribution in [2.24, 2.45) is 0 Å². The largest absolute Gasteiger partial charge is 0.358 e. The van der Waals surface area contributed by atoms with Gasteiger partial charge in [0.05, 0.1) is 18.1 Å².